The quantitative estimate of drug-likeness (QED) is 0.727. The molecule has 4 rings (SSSR count). The van der Waals surface area contributed by atoms with Crippen molar-refractivity contribution in [2.45, 2.75) is 51.1 Å². The Bertz CT molecular complexity index is 1010. The zero-order chi connectivity index (χ0) is 21.3. The van der Waals surface area contributed by atoms with Crippen molar-refractivity contribution in [1.82, 2.24) is 10.2 Å². The predicted molar refractivity (Wildman–Crippen MR) is 121 cm³/mol. The molecule has 2 amide bonds. The van der Waals surface area contributed by atoms with Gasteiger partial charge in [-0.2, -0.15) is 0 Å². The third kappa shape index (κ3) is 4.58. The zero-order valence-electron chi connectivity index (χ0n) is 17.5. The number of carbonyl (C=O) groups is 2. The summed E-state index contributed by atoms with van der Waals surface area (Å²) < 4.78 is 0. The Hall–Kier alpha value is -2.62. The van der Waals surface area contributed by atoms with Crippen LogP contribution in [0.5, 0.6) is 0 Å². The number of nitrogens with zero attached hydrogens (tertiary/aromatic N) is 1. The van der Waals surface area contributed by atoms with Crippen LogP contribution in [0.25, 0.3) is 0 Å². The first-order valence-corrected chi connectivity index (χ1v) is 11.2. The van der Waals surface area contributed by atoms with Gasteiger partial charge in [0.05, 0.1) is 9.75 Å². The van der Waals surface area contributed by atoms with Crippen LogP contribution in [0, 0.1) is 12.3 Å². The summed E-state index contributed by atoms with van der Waals surface area (Å²) >= 11 is 1.24. The van der Waals surface area contributed by atoms with Crippen molar-refractivity contribution < 1.29 is 9.59 Å². The van der Waals surface area contributed by atoms with Crippen LogP contribution in [0.3, 0.4) is 0 Å². The van der Waals surface area contributed by atoms with Gasteiger partial charge < -0.3 is 10.6 Å². The van der Waals surface area contributed by atoms with Gasteiger partial charge in [-0.3, -0.25) is 14.5 Å². The number of benzene rings is 1. The maximum absolute atomic E-state index is 12.9. The summed E-state index contributed by atoms with van der Waals surface area (Å²) in [7, 11) is 0. The highest BCUT2D eigenvalue weighted by Gasteiger charge is 2.31. The van der Waals surface area contributed by atoms with E-state index in [1.165, 1.54) is 35.3 Å². The van der Waals surface area contributed by atoms with E-state index in [0.717, 1.165) is 37.7 Å². The van der Waals surface area contributed by atoms with Crippen molar-refractivity contribution in [2.75, 3.05) is 18.4 Å². The number of carbonyl (C=O) groups excluding carboxylic acids is 2. The minimum Gasteiger partial charge on any atom is -0.337 e. The molecule has 1 aromatic carbocycles. The number of amides is 2. The number of terminal acetylenes is 1. The molecule has 0 spiro atoms. The maximum atomic E-state index is 12.9. The van der Waals surface area contributed by atoms with Gasteiger partial charge in [0.25, 0.3) is 5.91 Å². The van der Waals surface area contributed by atoms with Crippen LogP contribution >= 0.6 is 11.3 Å². The fourth-order valence-corrected chi connectivity index (χ4v) is 4.56. The van der Waals surface area contributed by atoms with Crippen LogP contribution in [-0.4, -0.2) is 41.4 Å². The van der Waals surface area contributed by atoms with Gasteiger partial charge in [0, 0.05) is 24.8 Å². The largest absolute Gasteiger partial charge is 0.337 e. The van der Waals surface area contributed by atoms with E-state index >= 15 is 0 Å². The van der Waals surface area contributed by atoms with E-state index in [0.29, 0.717) is 9.75 Å². The first-order chi connectivity index (χ1) is 14.4. The second-order valence-electron chi connectivity index (χ2n) is 8.59. The van der Waals surface area contributed by atoms with E-state index < -0.39 is 5.54 Å². The first kappa shape index (κ1) is 20.6. The molecule has 0 unspecified atom stereocenters. The normalized spacial score (nSPS) is 16.8. The molecule has 6 heteroatoms. The molecule has 1 aliphatic heterocycles. The molecule has 30 heavy (non-hydrogen) atoms. The number of anilines is 1. The third-order valence-electron chi connectivity index (χ3n) is 5.83. The van der Waals surface area contributed by atoms with Crippen molar-refractivity contribution in [2.24, 2.45) is 0 Å². The SMILES string of the molecule is C#Cc1ccc(C(=O)NC(C)(C)C(=O)Nc2ccc3c(c2)CCN(C2CC2)CC3)s1. The molecular formula is C24H27N3O2S. The van der Waals surface area contributed by atoms with Crippen LogP contribution in [0.4, 0.5) is 5.69 Å². The molecule has 0 saturated heterocycles. The van der Waals surface area contributed by atoms with Crippen LogP contribution in [0.15, 0.2) is 30.3 Å². The lowest BCUT2D eigenvalue weighted by atomic mass is 10.0. The molecule has 2 aliphatic rings. The number of hydrogen-bond acceptors (Lipinski definition) is 4. The zero-order valence-corrected chi connectivity index (χ0v) is 18.3. The summed E-state index contributed by atoms with van der Waals surface area (Å²) in [5.41, 5.74) is 2.38. The second-order valence-corrected chi connectivity index (χ2v) is 9.68. The molecule has 2 aromatic rings. The van der Waals surface area contributed by atoms with Crippen molar-refractivity contribution in [1.29, 1.82) is 0 Å². The number of nitrogens with one attached hydrogen (secondary N) is 2. The molecule has 2 N–H and O–H groups in total. The Morgan fingerprint density at radius 2 is 1.87 bits per heavy atom. The minimum absolute atomic E-state index is 0.252. The maximum Gasteiger partial charge on any atom is 0.262 e. The molecule has 156 valence electrons. The van der Waals surface area contributed by atoms with Gasteiger partial charge >= 0.3 is 0 Å². The summed E-state index contributed by atoms with van der Waals surface area (Å²) in [4.78, 5) is 29.2. The van der Waals surface area contributed by atoms with Gasteiger partial charge in [0.15, 0.2) is 0 Å². The topological polar surface area (TPSA) is 61.4 Å². The standard InChI is InChI=1S/C24H27N3O2S/c1-4-20-9-10-21(30-20)22(28)26-24(2,3)23(29)25-18-6-5-16-11-13-27(19-7-8-19)14-12-17(16)15-18/h1,5-6,9-10,15,19H,7-8,11-14H2,2-3H3,(H,25,29)(H,26,28). The molecule has 1 saturated carbocycles. The van der Waals surface area contributed by atoms with E-state index in [4.69, 9.17) is 6.42 Å². The average Bonchev–Trinajstić information content (AvgIpc) is 3.47. The van der Waals surface area contributed by atoms with E-state index in [1.807, 2.05) is 6.07 Å². The van der Waals surface area contributed by atoms with Crippen molar-refractivity contribution in [3.05, 3.63) is 51.2 Å². The summed E-state index contributed by atoms with van der Waals surface area (Å²) in [5, 5.41) is 5.79. The van der Waals surface area contributed by atoms with Gasteiger partial charge in [-0.15, -0.1) is 17.8 Å². The van der Waals surface area contributed by atoms with Crippen LogP contribution < -0.4 is 10.6 Å². The molecule has 0 radical (unpaired) electrons. The van der Waals surface area contributed by atoms with Crippen LogP contribution in [-0.2, 0) is 17.6 Å². The van der Waals surface area contributed by atoms with Crippen LogP contribution in [0.2, 0.25) is 0 Å². The highest BCUT2D eigenvalue weighted by atomic mass is 32.1. The lowest BCUT2D eigenvalue weighted by molar-refractivity contribution is -0.120. The van der Waals surface area contributed by atoms with Crippen LogP contribution in [0.1, 0.15) is 52.4 Å². The van der Waals surface area contributed by atoms with Gasteiger partial charge in [-0.1, -0.05) is 12.0 Å². The molecular weight excluding hydrogens is 394 g/mol. The fourth-order valence-electron chi connectivity index (χ4n) is 3.85. The molecule has 1 aliphatic carbocycles. The molecule has 1 fully saturated rings. The monoisotopic (exact) mass is 421 g/mol. The van der Waals surface area contributed by atoms with Crippen molar-refractivity contribution in [3.63, 3.8) is 0 Å². The van der Waals surface area contributed by atoms with Gasteiger partial charge in [0.1, 0.15) is 5.54 Å². The Balaban J connectivity index is 1.40. The summed E-state index contributed by atoms with van der Waals surface area (Å²) in [6, 6.07) is 10.4. The van der Waals surface area contributed by atoms with E-state index in [-0.39, 0.29) is 11.8 Å². The number of thiophene rings is 1. The van der Waals surface area contributed by atoms with Gasteiger partial charge in [-0.25, -0.2) is 0 Å². The summed E-state index contributed by atoms with van der Waals surface area (Å²) in [6.45, 7) is 5.60. The van der Waals surface area contributed by atoms with E-state index in [2.05, 4.69) is 33.6 Å². The van der Waals surface area contributed by atoms with E-state index in [1.54, 1.807) is 26.0 Å². The molecule has 0 bridgehead atoms. The van der Waals surface area contributed by atoms with Gasteiger partial charge in [0.2, 0.25) is 5.91 Å². The predicted octanol–water partition coefficient (Wildman–Crippen LogP) is 3.44. The average molecular weight is 422 g/mol. The minimum atomic E-state index is -1.06. The number of fused-ring (bicyclic) bond motifs is 1. The Morgan fingerprint density at radius 3 is 2.53 bits per heavy atom. The van der Waals surface area contributed by atoms with Crippen molar-refractivity contribution >= 4 is 28.8 Å². The number of rotatable bonds is 5. The van der Waals surface area contributed by atoms with Crippen molar-refractivity contribution in [3.8, 4) is 12.3 Å². The summed E-state index contributed by atoms with van der Waals surface area (Å²) in [5.74, 6) is 1.96. The van der Waals surface area contributed by atoms with E-state index in [9.17, 15) is 9.59 Å². The lowest BCUT2D eigenvalue weighted by Gasteiger charge is -2.25. The third-order valence-corrected chi connectivity index (χ3v) is 6.85. The molecule has 0 atom stereocenters. The molecule has 1 aromatic heterocycles. The molecule has 5 nitrogen and oxygen atoms in total. The number of hydrogen-bond donors (Lipinski definition) is 2. The molecule has 2 heterocycles. The second kappa shape index (κ2) is 8.25. The Labute approximate surface area is 181 Å². The highest BCUT2D eigenvalue weighted by Crippen LogP contribution is 2.30. The van der Waals surface area contributed by atoms with Gasteiger partial charge in [-0.05, 0) is 74.9 Å². The Morgan fingerprint density at radius 1 is 1.13 bits per heavy atom. The summed E-state index contributed by atoms with van der Waals surface area (Å²) in [6.07, 6.45) is 10.1. The lowest BCUT2D eigenvalue weighted by Crippen LogP contribution is -2.52. The fraction of sp³-hybridized carbons (Fsp3) is 0.417. The Kier molecular flexibility index (Phi) is 5.68. The highest BCUT2D eigenvalue weighted by molar-refractivity contribution is 7.14. The first-order valence-electron chi connectivity index (χ1n) is 10.4. The smallest absolute Gasteiger partial charge is 0.262 e.